The maximum absolute atomic E-state index is 13.0. The van der Waals surface area contributed by atoms with E-state index in [1.165, 1.54) is 12.1 Å². The lowest BCUT2D eigenvalue weighted by Crippen LogP contribution is -2.36. The number of unbranched alkanes of at least 4 members (excludes halogenated alkanes) is 1. The van der Waals surface area contributed by atoms with Gasteiger partial charge in [0.05, 0.1) is 12.1 Å². The molecule has 1 saturated carbocycles. The summed E-state index contributed by atoms with van der Waals surface area (Å²) in [6.07, 6.45) is 3.65. The monoisotopic (exact) mass is 406 g/mol. The van der Waals surface area contributed by atoms with E-state index in [4.69, 9.17) is 0 Å². The van der Waals surface area contributed by atoms with Crippen molar-refractivity contribution in [2.75, 3.05) is 6.54 Å². The molecule has 3 rings (SSSR count). The van der Waals surface area contributed by atoms with Crippen LogP contribution in [0.2, 0.25) is 0 Å². The van der Waals surface area contributed by atoms with Crippen molar-refractivity contribution in [1.82, 2.24) is 9.47 Å². The van der Waals surface area contributed by atoms with Gasteiger partial charge in [-0.2, -0.15) is 13.2 Å². The van der Waals surface area contributed by atoms with E-state index in [1.54, 1.807) is 6.07 Å². The molecule has 0 radical (unpaired) electrons. The predicted octanol–water partition coefficient (Wildman–Crippen LogP) is 5.87. The average Bonchev–Trinajstić information content (AvgIpc) is 3.36. The molecule has 29 heavy (non-hydrogen) atoms. The predicted molar refractivity (Wildman–Crippen MR) is 107 cm³/mol. The Kier molecular flexibility index (Phi) is 7.04. The zero-order valence-electron chi connectivity index (χ0n) is 16.9. The molecule has 0 bridgehead atoms. The minimum absolute atomic E-state index is 0.124. The summed E-state index contributed by atoms with van der Waals surface area (Å²) in [5, 5.41) is 0. The Balaban J connectivity index is 1.74. The van der Waals surface area contributed by atoms with E-state index in [9.17, 15) is 18.0 Å². The van der Waals surface area contributed by atoms with Gasteiger partial charge in [0.2, 0.25) is 5.91 Å². The van der Waals surface area contributed by atoms with Crippen molar-refractivity contribution in [2.45, 2.75) is 64.7 Å². The van der Waals surface area contributed by atoms with E-state index in [0.717, 1.165) is 56.8 Å². The molecule has 1 fully saturated rings. The number of hydrogen-bond donors (Lipinski definition) is 0. The number of hydrogen-bond acceptors (Lipinski definition) is 1. The molecule has 1 amide bonds. The molecule has 1 aromatic heterocycles. The molecule has 2 aromatic rings. The highest BCUT2D eigenvalue weighted by molar-refractivity contribution is 5.79. The lowest BCUT2D eigenvalue weighted by atomic mass is 10.1. The number of carbonyl (C=O) groups is 1. The third-order valence-corrected chi connectivity index (χ3v) is 5.68. The fourth-order valence-electron chi connectivity index (χ4n) is 4.03. The fraction of sp³-hybridized carbons (Fsp3) is 0.522. The summed E-state index contributed by atoms with van der Waals surface area (Å²) in [4.78, 5) is 14.9. The topological polar surface area (TPSA) is 25.2 Å². The SMILES string of the molecule is CCCCN(Cc1cccn1Cc1cccc(C(F)(F)F)c1)C(=O)C1CCCC1. The highest BCUT2D eigenvalue weighted by atomic mass is 19.4. The Bertz CT molecular complexity index is 806. The lowest BCUT2D eigenvalue weighted by Gasteiger charge is -2.26. The first kappa shape index (κ1) is 21.5. The molecule has 1 heterocycles. The minimum atomic E-state index is -4.35. The number of aromatic nitrogens is 1. The molecule has 158 valence electrons. The number of carbonyl (C=O) groups excluding carboxylic acids is 1. The van der Waals surface area contributed by atoms with E-state index >= 15 is 0 Å². The summed E-state index contributed by atoms with van der Waals surface area (Å²) >= 11 is 0. The first-order valence-electron chi connectivity index (χ1n) is 10.5. The van der Waals surface area contributed by atoms with E-state index in [-0.39, 0.29) is 11.8 Å². The van der Waals surface area contributed by atoms with Crippen molar-refractivity contribution in [3.63, 3.8) is 0 Å². The number of benzene rings is 1. The van der Waals surface area contributed by atoms with Crippen LogP contribution in [0.1, 0.15) is 62.3 Å². The smallest absolute Gasteiger partial charge is 0.345 e. The van der Waals surface area contributed by atoms with Crippen LogP contribution in [0.3, 0.4) is 0 Å². The normalized spacial score (nSPS) is 15.0. The number of nitrogens with zero attached hydrogens (tertiary/aromatic N) is 2. The van der Waals surface area contributed by atoms with Crippen LogP contribution in [-0.4, -0.2) is 21.9 Å². The van der Waals surface area contributed by atoms with Crippen LogP contribution < -0.4 is 0 Å². The molecule has 6 heteroatoms. The molecule has 0 aliphatic heterocycles. The fourth-order valence-corrected chi connectivity index (χ4v) is 4.03. The number of alkyl halides is 3. The summed E-state index contributed by atoms with van der Waals surface area (Å²) in [6.45, 7) is 3.68. The molecule has 1 aromatic carbocycles. The van der Waals surface area contributed by atoms with Gasteiger partial charge >= 0.3 is 6.18 Å². The van der Waals surface area contributed by atoms with Gasteiger partial charge in [0.15, 0.2) is 0 Å². The third kappa shape index (κ3) is 5.64. The van der Waals surface area contributed by atoms with Crippen LogP contribution in [0, 0.1) is 5.92 Å². The molecule has 0 atom stereocenters. The van der Waals surface area contributed by atoms with E-state index in [0.29, 0.717) is 18.7 Å². The van der Waals surface area contributed by atoms with Gasteiger partial charge in [-0.05, 0) is 49.1 Å². The van der Waals surface area contributed by atoms with E-state index in [2.05, 4.69) is 6.92 Å². The second-order valence-electron chi connectivity index (χ2n) is 7.92. The standard InChI is InChI=1S/C23H29F3N2O/c1-2-3-13-28(22(29)19-9-4-5-10-19)17-21-12-7-14-27(21)16-18-8-6-11-20(15-18)23(24,25)26/h6-8,11-12,14-15,19H,2-5,9-10,13,16-17H2,1H3. The molecule has 3 nitrogen and oxygen atoms in total. The molecule has 1 aliphatic rings. The van der Waals surface area contributed by atoms with Gasteiger partial charge in [-0.1, -0.05) is 38.3 Å². The van der Waals surface area contributed by atoms with Gasteiger partial charge in [-0.25, -0.2) is 0 Å². The average molecular weight is 406 g/mol. The second kappa shape index (κ2) is 9.51. The summed E-state index contributed by atoms with van der Waals surface area (Å²) in [5.41, 5.74) is 0.911. The van der Waals surface area contributed by atoms with Crippen molar-refractivity contribution in [3.05, 3.63) is 59.4 Å². The molecule has 0 N–H and O–H groups in total. The van der Waals surface area contributed by atoms with Crippen LogP contribution >= 0.6 is 0 Å². The van der Waals surface area contributed by atoms with Crippen LogP contribution in [-0.2, 0) is 24.1 Å². The summed E-state index contributed by atoms with van der Waals surface area (Å²) in [7, 11) is 0. The largest absolute Gasteiger partial charge is 0.416 e. The minimum Gasteiger partial charge on any atom is -0.345 e. The van der Waals surface area contributed by atoms with Crippen molar-refractivity contribution in [1.29, 1.82) is 0 Å². The van der Waals surface area contributed by atoms with Gasteiger partial charge < -0.3 is 9.47 Å². The molecule has 0 spiro atoms. The Morgan fingerprint density at radius 3 is 2.62 bits per heavy atom. The first-order valence-corrected chi connectivity index (χ1v) is 10.5. The molecule has 0 unspecified atom stereocenters. The summed E-state index contributed by atoms with van der Waals surface area (Å²) < 4.78 is 40.9. The first-order chi connectivity index (χ1) is 13.9. The van der Waals surface area contributed by atoms with Crippen molar-refractivity contribution in [3.8, 4) is 0 Å². The maximum Gasteiger partial charge on any atom is 0.416 e. The molecule has 1 aliphatic carbocycles. The van der Waals surface area contributed by atoms with Crippen molar-refractivity contribution < 1.29 is 18.0 Å². The summed E-state index contributed by atoms with van der Waals surface area (Å²) in [6, 6.07) is 9.28. The molecule has 0 saturated heterocycles. The van der Waals surface area contributed by atoms with Gasteiger partial charge in [0.25, 0.3) is 0 Å². The zero-order valence-corrected chi connectivity index (χ0v) is 16.9. The van der Waals surface area contributed by atoms with Crippen LogP contribution in [0.5, 0.6) is 0 Å². The van der Waals surface area contributed by atoms with E-state index < -0.39 is 11.7 Å². The summed E-state index contributed by atoms with van der Waals surface area (Å²) in [5.74, 6) is 0.349. The Labute approximate surface area is 170 Å². The Hall–Kier alpha value is -2.24. The number of halogens is 3. The Morgan fingerprint density at radius 2 is 1.93 bits per heavy atom. The lowest BCUT2D eigenvalue weighted by molar-refractivity contribution is -0.138. The van der Waals surface area contributed by atoms with E-state index in [1.807, 2.05) is 27.8 Å². The quantitative estimate of drug-likeness (QED) is 0.538. The van der Waals surface area contributed by atoms with Gasteiger partial charge in [0, 0.05) is 30.9 Å². The van der Waals surface area contributed by atoms with Crippen LogP contribution in [0.4, 0.5) is 13.2 Å². The van der Waals surface area contributed by atoms with Gasteiger partial charge in [-0.3, -0.25) is 4.79 Å². The zero-order chi connectivity index (χ0) is 20.9. The van der Waals surface area contributed by atoms with Crippen molar-refractivity contribution in [2.24, 2.45) is 5.92 Å². The Morgan fingerprint density at radius 1 is 1.17 bits per heavy atom. The highest BCUT2D eigenvalue weighted by Crippen LogP contribution is 2.30. The molecular weight excluding hydrogens is 377 g/mol. The number of rotatable bonds is 8. The van der Waals surface area contributed by atoms with Crippen molar-refractivity contribution >= 4 is 5.91 Å². The van der Waals surface area contributed by atoms with Crippen LogP contribution in [0.15, 0.2) is 42.6 Å². The second-order valence-corrected chi connectivity index (χ2v) is 7.92. The van der Waals surface area contributed by atoms with Gasteiger partial charge in [0.1, 0.15) is 0 Å². The maximum atomic E-state index is 13.0. The highest BCUT2D eigenvalue weighted by Gasteiger charge is 2.30. The van der Waals surface area contributed by atoms with Crippen LogP contribution in [0.25, 0.3) is 0 Å². The molecular formula is C23H29F3N2O. The van der Waals surface area contributed by atoms with Gasteiger partial charge in [-0.15, -0.1) is 0 Å². The third-order valence-electron chi connectivity index (χ3n) is 5.68. The number of amides is 1.